The van der Waals surface area contributed by atoms with E-state index < -0.39 is 24.4 Å². The number of methoxy groups -OCH3 is 2. The van der Waals surface area contributed by atoms with Crippen molar-refractivity contribution in [1.82, 2.24) is 10.2 Å². The molecule has 1 atom stereocenters. The van der Waals surface area contributed by atoms with Crippen LogP contribution in [0.25, 0.3) is 0 Å². The van der Waals surface area contributed by atoms with Crippen LogP contribution >= 0.6 is 0 Å². The minimum atomic E-state index is -0.702. The average Bonchev–Trinajstić information content (AvgIpc) is 3.24. The maximum Gasteiger partial charge on any atom is 0.338 e. The van der Waals surface area contributed by atoms with Gasteiger partial charge in [0.15, 0.2) is 23.9 Å². The number of carbonyl (C=O) groups excluding carboxylic acids is 4. The summed E-state index contributed by atoms with van der Waals surface area (Å²) in [5.74, 6) is -0.877. The Balaban J connectivity index is 1.29. The van der Waals surface area contributed by atoms with Gasteiger partial charge in [0.05, 0.1) is 51.1 Å². The Hall–Kier alpha value is -3.80. The molecular weight excluding hydrogens is 494 g/mol. The quantitative estimate of drug-likeness (QED) is 0.261. The molecular formula is C27H31N3O8. The van der Waals surface area contributed by atoms with Crippen LogP contribution in [-0.4, -0.2) is 94.7 Å². The van der Waals surface area contributed by atoms with Crippen molar-refractivity contribution in [2.24, 2.45) is 0 Å². The van der Waals surface area contributed by atoms with Gasteiger partial charge in [0.1, 0.15) is 0 Å². The van der Waals surface area contributed by atoms with E-state index in [4.69, 9.17) is 18.9 Å². The van der Waals surface area contributed by atoms with Crippen molar-refractivity contribution < 1.29 is 38.1 Å². The summed E-state index contributed by atoms with van der Waals surface area (Å²) in [6.45, 7) is 4.00. The molecule has 1 unspecified atom stereocenters. The van der Waals surface area contributed by atoms with Crippen LogP contribution in [0.15, 0.2) is 42.5 Å². The average molecular weight is 526 g/mol. The summed E-state index contributed by atoms with van der Waals surface area (Å²) in [5, 5.41) is 3.18. The molecule has 4 rings (SSSR count). The first-order valence-electron chi connectivity index (χ1n) is 12.3. The van der Waals surface area contributed by atoms with Crippen LogP contribution in [0.1, 0.15) is 27.1 Å². The number of imide groups is 1. The number of rotatable bonds is 11. The van der Waals surface area contributed by atoms with Crippen molar-refractivity contribution in [3.8, 4) is 11.5 Å². The summed E-state index contributed by atoms with van der Waals surface area (Å²) in [4.78, 5) is 53.8. The van der Waals surface area contributed by atoms with E-state index in [9.17, 15) is 19.2 Å². The normalized spacial score (nSPS) is 17.9. The molecule has 2 fully saturated rings. The maximum absolute atomic E-state index is 12.9. The Kier molecular flexibility index (Phi) is 9.06. The van der Waals surface area contributed by atoms with E-state index in [1.54, 1.807) is 12.1 Å². The molecule has 2 aromatic carbocycles. The smallest absolute Gasteiger partial charge is 0.338 e. The number of benzene rings is 2. The number of ether oxygens (including phenoxy) is 4. The number of hydrogen-bond acceptors (Lipinski definition) is 10. The first-order valence-corrected chi connectivity index (χ1v) is 12.3. The van der Waals surface area contributed by atoms with E-state index in [0.717, 1.165) is 24.5 Å². The van der Waals surface area contributed by atoms with Crippen molar-refractivity contribution in [1.29, 1.82) is 0 Å². The molecule has 1 N–H and O–H groups in total. The highest BCUT2D eigenvalue weighted by Crippen LogP contribution is 2.28. The first kappa shape index (κ1) is 27.2. The minimum absolute atomic E-state index is 0.0734. The van der Waals surface area contributed by atoms with Crippen LogP contribution < -0.4 is 19.7 Å². The van der Waals surface area contributed by atoms with Crippen molar-refractivity contribution >= 4 is 29.3 Å². The van der Waals surface area contributed by atoms with Gasteiger partial charge >= 0.3 is 5.97 Å². The van der Waals surface area contributed by atoms with Gasteiger partial charge in [-0.05, 0) is 42.5 Å². The van der Waals surface area contributed by atoms with Crippen LogP contribution in [0.2, 0.25) is 0 Å². The highest BCUT2D eigenvalue weighted by molar-refractivity contribution is 6.22. The van der Waals surface area contributed by atoms with Gasteiger partial charge in [-0.15, -0.1) is 0 Å². The van der Waals surface area contributed by atoms with Crippen molar-refractivity contribution in [2.75, 3.05) is 65.1 Å². The van der Waals surface area contributed by atoms with E-state index >= 15 is 0 Å². The molecule has 38 heavy (non-hydrogen) atoms. The molecule has 2 aliphatic heterocycles. The fraction of sp³-hybridized carbons (Fsp3) is 0.407. The zero-order chi connectivity index (χ0) is 27.1. The van der Waals surface area contributed by atoms with Crippen molar-refractivity contribution in [3.05, 3.63) is 53.6 Å². The molecule has 2 amide bonds. The summed E-state index contributed by atoms with van der Waals surface area (Å²) in [7, 11) is 2.95. The molecule has 0 aliphatic carbocycles. The van der Waals surface area contributed by atoms with Gasteiger partial charge in [0.25, 0.3) is 5.91 Å². The Morgan fingerprint density at radius 1 is 0.974 bits per heavy atom. The number of Topliss-reactive ketones (excluding diaryl/α,β-unsaturated/α-hetero) is 1. The van der Waals surface area contributed by atoms with E-state index in [-0.39, 0.29) is 23.8 Å². The van der Waals surface area contributed by atoms with Crippen LogP contribution in [0, 0.1) is 0 Å². The number of ketones is 1. The highest BCUT2D eigenvalue weighted by atomic mass is 16.5. The Morgan fingerprint density at radius 3 is 2.34 bits per heavy atom. The Morgan fingerprint density at radius 2 is 1.66 bits per heavy atom. The lowest BCUT2D eigenvalue weighted by Crippen LogP contribution is -2.44. The Labute approximate surface area is 220 Å². The Bertz CT molecular complexity index is 1180. The van der Waals surface area contributed by atoms with Crippen LogP contribution in [0.5, 0.6) is 11.5 Å². The number of hydrogen-bond donors (Lipinski definition) is 1. The number of carbonyl (C=O) groups is 4. The van der Waals surface area contributed by atoms with Gasteiger partial charge in [-0.3, -0.25) is 19.3 Å². The summed E-state index contributed by atoms with van der Waals surface area (Å²) in [5.41, 5.74) is 0.869. The fourth-order valence-electron chi connectivity index (χ4n) is 4.34. The molecule has 0 saturated carbocycles. The predicted molar refractivity (Wildman–Crippen MR) is 137 cm³/mol. The summed E-state index contributed by atoms with van der Waals surface area (Å²) in [6.07, 6.45) is 0.0734. The molecule has 2 saturated heterocycles. The maximum atomic E-state index is 12.9. The zero-order valence-electron chi connectivity index (χ0n) is 21.4. The third-order valence-corrected chi connectivity index (χ3v) is 6.47. The molecule has 202 valence electrons. The van der Waals surface area contributed by atoms with Crippen molar-refractivity contribution in [3.63, 3.8) is 0 Å². The van der Waals surface area contributed by atoms with Gasteiger partial charge in [-0.25, -0.2) is 9.69 Å². The summed E-state index contributed by atoms with van der Waals surface area (Å²) in [6, 6.07) is 10.0. The standard InChI is InChI=1S/C27H31N3O8/c1-35-23-8-5-19(15-24(23)36-2)22(31)17-38-27(34)18-3-6-20(7-4-18)30-25(32)16-21(26(30)33)28-9-10-29-11-13-37-14-12-29/h3-8,15,21,28H,9-14,16-17H2,1-2H3. The van der Waals surface area contributed by atoms with E-state index in [1.807, 2.05) is 0 Å². The summed E-state index contributed by atoms with van der Waals surface area (Å²) < 4.78 is 20.8. The molecule has 11 heteroatoms. The molecule has 0 bridgehead atoms. The second-order valence-corrected chi connectivity index (χ2v) is 8.85. The van der Waals surface area contributed by atoms with Crippen LogP contribution in [0.3, 0.4) is 0 Å². The largest absolute Gasteiger partial charge is 0.493 e. The number of amides is 2. The molecule has 2 aliphatic rings. The van der Waals surface area contributed by atoms with Gasteiger partial charge < -0.3 is 24.3 Å². The highest BCUT2D eigenvalue weighted by Gasteiger charge is 2.39. The molecule has 2 heterocycles. The molecule has 2 aromatic rings. The number of anilines is 1. The monoisotopic (exact) mass is 525 g/mol. The zero-order valence-corrected chi connectivity index (χ0v) is 21.4. The van der Waals surface area contributed by atoms with Gasteiger partial charge in [-0.1, -0.05) is 0 Å². The fourth-order valence-corrected chi connectivity index (χ4v) is 4.34. The molecule has 0 radical (unpaired) electrons. The second-order valence-electron chi connectivity index (χ2n) is 8.85. The lowest BCUT2D eigenvalue weighted by Gasteiger charge is -2.27. The van der Waals surface area contributed by atoms with Gasteiger partial charge in [0, 0.05) is 31.7 Å². The number of esters is 1. The molecule has 0 aromatic heterocycles. The molecule has 11 nitrogen and oxygen atoms in total. The lowest BCUT2D eigenvalue weighted by molar-refractivity contribution is -0.121. The SMILES string of the molecule is COc1ccc(C(=O)COC(=O)c2ccc(N3C(=O)CC(NCCN4CCOCC4)C3=O)cc2)cc1OC. The third kappa shape index (κ3) is 6.36. The van der Waals surface area contributed by atoms with Crippen molar-refractivity contribution in [2.45, 2.75) is 12.5 Å². The van der Waals surface area contributed by atoms with E-state index in [0.29, 0.717) is 42.5 Å². The first-order chi connectivity index (χ1) is 18.4. The van der Waals surface area contributed by atoms with E-state index in [2.05, 4.69) is 10.2 Å². The molecule has 0 spiro atoms. The minimum Gasteiger partial charge on any atom is -0.493 e. The van der Waals surface area contributed by atoms with E-state index in [1.165, 1.54) is 44.6 Å². The summed E-state index contributed by atoms with van der Waals surface area (Å²) >= 11 is 0. The van der Waals surface area contributed by atoms with Gasteiger partial charge in [0.2, 0.25) is 5.91 Å². The lowest BCUT2D eigenvalue weighted by atomic mass is 10.1. The second kappa shape index (κ2) is 12.6. The number of morpholine rings is 1. The van der Waals surface area contributed by atoms with Crippen LogP contribution in [0.4, 0.5) is 5.69 Å². The number of nitrogens with zero attached hydrogens (tertiary/aromatic N) is 2. The topological polar surface area (TPSA) is 124 Å². The van der Waals surface area contributed by atoms with Crippen LogP contribution in [-0.2, 0) is 19.1 Å². The number of nitrogens with one attached hydrogen (secondary N) is 1. The van der Waals surface area contributed by atoms with Gasteiger partial charge in [-0.2, -0.15) is 0 Å². The predicted octanol–water partition coefficient (Wildman–Crippen LogP) is 1.30. The third-order valence-electron chi connectivity index (χ3n) is 6.47.